The molecule has 1 aliphatic heterocycles. The Bertz CT molecular complexity index is 630. The van der Waals surface area contributed by atoms with Gasteiger partial charge >= 0.3 is 0 Å². The van der Waals surface area contributed by atoms with Gasteiger partial charge < -0.3 is 20.1 Å². The van der Waals surface area contributed by atoms with Crippen LogP contribution in [0.4, 0.5) is 11.6 Å². The van der Waals surface area contributed by atoms with E-state index in [-0.39, 0.29) is 6.10 Å². The quantitative estimate of drug-likeness (QED) is 0.816. The van der Waals surface area contributed by atoms with E-state index in [9.17, 15) is 0 Å². The minimum atomic E-state index is -0.218. The first-order chi connectivity index (χ1) is 10.2. The van der Waals surface area contributed by atoms with Crippen molar-refractivity contribution in [1.82, 2.24) is 25.1 Å². The molecule has 0 radical (unpaired) electrons. The number of hydrogen-bond acceptors (Lipinski definition) is 8. The third kappa shape index (κ3) is 2.59. The van der Waals surface area contributed by atoms with Gasteiger partial charge in [0.2, 0.25) is 5.75 Å². The van der Waals surface area contributed by atoms with Crippen molar-refractivity contribution in [3.8, 4) is 5.75 Å². The third-order valence-corrected chi connectivity index (χ3v) is 3.29. The van der Waals surface area contributed by atoms with E-state index in [0.717, 1.165) is 5.82 Å². The molecule has 2 aromatic rings. The summed E-state index contributed by atoms with van der Waals surface area (Å²) in [4.78, 5) is 14.6. The fraction of sp³-hybridized carbons (Fsp3) is 0.500. The van der Waals surface area contributed by atoms with Crippen LogP contribution in [-0.2, 0) is 4.74 Å². The molecule has 9 nitrogen and oxygen atoms in total. The number of ether oxygens (including phenoxy) is 2. The first-order valence-corrected chi connectivity index (χ1v) is 6.59. The molecule has 1 aliphatic rings. The molecule has 21 heavy (non-hydrogen) atoms. The van der Waals surface area contributed by atoms with E-state index in [2.05, 4.69) is 25.1 Å². The topological polar surface area (TPSA) is 115 Å². The minimum Gasteiger partial charge on any atom is -0.490 e. The first kappa shape index (κ1) is 13.6. The van der Waals surface area contributed by atoms with Crippen molar-refractivity contribution in [2.45, 2.75) is 13.0 Å². The first-order valence-electron chi connectivity index (χ1n) is 6.59. The Kier molecular flexibility index (Phi) is 3.57. The van der Waals surface area contributed by atoms with Gasteiger partial charge in [0.1, 0.15) is 18.3 Å². The molecular formula is C12H17N7O2. The van der Waals surface area contributed by atoms with Gasteiger partial charge in [-0.15, -0.1) is 0 Å². The maximum absolute atomic E-state index is 5.82. The zero-order chi connectivity index (χ0) is 14.8. The predicted molar refractivity (Wildman–Crippen MR) is 75.0 cm³/mol. The number of nitrogens with two attached hydrogens (primary N) is 1. The van der Waals surface area contributed by atoms with Crippen molar-refractivity contribution in [3.05, 3.63) is 18.0 Å². The Balaban J connectivity index is 1.85. The van der Waals surface area contributed by atoms with Gasteiger partial charge in [-0.1, -0.05) is 0 Å². The molecule has 9 heteroatoms. The van der Waals surface area contributed by atoms with Crippen LogP contribution in [0.25, 0.3) is 0 Å². The molecule has 1 unspecified atom stereocenters. The van der Waals surface area contributed by atoms with E-state index in [1.54, 1.807) is 7.11 Å². The maximum Gasteiger partial charge on any atom is 0.204 e. The van der Waals surface area contributed by atoms with Gasteiger partial charge in [-0.3, -0.25) is 5.10 Å². The molecule has 1 fully saturated rings. The minimum absolute atomic E-state index is 0.218. The Morgan fingerprint density at radius 3 is 3.05 bits per heavy atom. The fourth-order valence-electron chi connectivity index (χ4n) is 2.30. The van der Waals surface area contributed by atoms with Gasteiger partial charge in [-0.05, 0) is 6.92 Å². The van der Waals surface area contributed by atoms with Crippen LogP contribution < -0.4 is 15.4 Å². The lowest BCUT2D eigenvalue weighted by Crippen LogP contribution is -2.39. The lowest BCUT2D eigenvalue weighted by Gasteiger charge is -2.33. The SMILES string of the molecule is COc1c(N)ncnc1N1CCOC(c2n[nH]c(C)n2)C1. The summed E-state index contributed by atoms with van der Waals surface area (Å²) >= 11 is 0. The number of aromatic nitrogens is 5. The lowest BCUT2D eigenvalue weighted by molar-refractivity contribution is 0.0338. The van der Waals surface area contributed by atoms with Gasteiger partial charge in [0.25, 0.3) is 0 Å². The van der Waals surface area contributed by atoms with Crippen LogP contribution in [0, 0.1) is 6.92 Å². The lowest BCUT2D eigenvalue weighted by atomic mass is 10.2. The largest absolute Gasteiger partial charge is 0.490 e. The van der Waals surface area contributed by atoms with Crippen LogP contribution in [0.5, 0.6) is 5.75 Å². The second-order valence-corrected chi connectivity index (χ2v) is 4.70. The molecule has 0 spiro atoms. The van der Waals surface area contributed by atoms with Crippen molar-refractivity contribution in [2.75, 3.05) is 37.4 Å². The summed E-state index contributed by atoms with van der Waals surface area (Å²) in [6.45, 7) is 3.66. The zero-order valence-electron chi connectivity index (χ0n) is 11.9. The van der Waals surface area contributed by atoms with Crippen molar-refractivity contribution < 1.29 is 9.47 Å². The summed E-state index contributed by atoms with van der Waals surface area (Å²) in [7, 11) is 1.55. The molecule has 1 atom stereocenters. The smallest absolute Gasteiger partial charge is 0.204 e. The number of rotatable bonds is 3. The normalized spacial score (nSPS) is 18.8. The summed E-state index contributed by atoms with van der Waals surface area (Å²) in [6.07, 6.45) is 1.21. The number of nitrogens with one attached hydrogen (secondary N) is 1. The van der Waals surface area contributed by atoms with Crippen LogP contribution in [0.15, 0.2) is 6.33 Å². The van der Waals surface area contributed by atoms with E-state index in [4.69, 9.17) is 15.2 Å². The standard InChI is InChI=1S/C12H17N7O2/c1-7-16-11(18-17-7)8-5-19(3-4-21-8)12-9(20-2)10(13)14-6-15-12/h6,8H,3-5H2,1-2H3,(H2,13,14,15)(H,16,17,18). The van der Waals surface area contributed by atoms with Gasteiger partial charge in [-0.25, -0.2) is 15.0 Å². The number of nitrogens with zero attached hydrogens (tertiary/aromatic N) is 5. The Hall–Kier alpha value is -2.42. The third-order valence-electron chi connectivity index (χ3n) is 3.29. The highest BCUT2D eigenvalue weighted by Gasteiger charge is 2.28. The molecule has 0 bridgehead atoms. The molecule has 112 valence electrons. The molecule has 0 aromatic carbocycles. The fourth-order valence-corrected chi connectivity index (χ4v) is 2.30. The highest BCUT2D eigenvalue weighted by Crippen LogP contribution is 2.32. The van der Waals surface area contributed by atoms with Gasteiger partial charge in [0.15, 0.2) is 17.5 Å². The maximum atomic E-state index is 5.82. The van der Waals surface area contributed by atoms with E-state index < -0.39 is 0 Å². The van der Waals surface area contributed by atoms with Crippen molar-refractivity contribution in [2.24, 2.45) is 0 Å². The Morgan fingerprint density at radius 1 is 1.48 bits per heavy atom. The van der Waals surface area contributed by atoms with Crippen LogP contribution in [0.3, 0.4) is 0 Å². The number of aromatic amines is 1. The van der Waals surface area contributed by atoms with Crippen LogP contribution >= 0.6 is 0 Å². The van der Waals surface area contributed by atoms with Crippen LogP contribution in [-0.4, -0.2) is 52.0 Å². The number of morpholine rings is 1. The van der Waals surface area contributed by atoms with E-state index in [0.29, 0.717) is 42.9 Å². The summed E-state index contributed by atoms with van der Waals surface area (Å²) in [5, 5.41) is 6.97. The van der Waals surface area contributed by atoms with Gasteiger partial charge in [-0.2, -0.15) is 5.10 Å². The molecule has 0 saturated carbocycles. The second-order valence-electron chi connectivity index (χ2n) is 4.70. The van der Waals surface area contributed by atoms with Crippen LogP contribution in [0.2, 0.25) is 0 Å². The summed E-state index contributed by atoms with van der Waals surface area (Å²) in [5.41, 5.74) is 5.82. The molecule has 3 heterocycles. The van der Waals surface area contributed by atoms with Gasteiger partial charge in [0.05, 0.1) is 20.3 Å². The molecule has 2 aromatic heterocycles. The average Bonchev–Trinajstić information content (AvgIpc) is 2.94. The number of anilines is 2. The number of methoxy groups -OCH3 is 1. The molecule has 1 saturated heterocycles. The van der Waals surface area contributed by atoms with Crippen molar-refractivity contribution in [1.29, 1.82) is 0 Å². The monoisotopic (exact) mass is 291 g/mol. The molecule has 0 aliphatic carbocycles. The zero-order valence-corrected chi connectivity index (χ0v) is 11.9. The molecular weight excluding hydrogens is 274 g/mol. The predicted octanol–water partition coefficient (Wildman–Crippen LogP) is 0.0718. The summed E-state index contributed by atoms with van der Waals surface area (Å²) in [6, 6.07) is 0. The summed E-state index contributed by atoms with van der Waals surface area (Å²) < 4.78 is 11.0. The van der Waals surface area contributed by atoms with Crippen LogP contribution in [0.1, 0.15) is 17.8 Å². The number of hydrogen-bond donors (Lipinski definition) is 2. The Morgan fingerprint density at radius 2 is 2.33 bits per heavy atom. The van der Waals surface area contributed by atoms with E-state index in [1.165, 1.54) is 6.33 Å². The van der Waals surface area contributed by atoms with Crippen molar-refractivity contribution >= 4 is 11.6 Å². The summed E-state index contributed by atoms with van der Waals surface area (Å²) in [5.74, 6) is 2.85. The molecule has 3 N–H and O–H groups in total. The highest BCUT2D eigenvalue weighted by molar-refractivity contribution is 5.62. The number of aryl methyl sites for hydroxylation is 1. The Labute approximate surface area is 121 Å². The van der Waals surface area contributed by atoms with Crippen molar-refractivity contribution in [3.63, 3.8) is 0 Å². The molecule has 0 amide bonds. The second kappa shape index (κ2) is 5.52. The van der Waals surface area contributed by atoms with Gasteiger partial charge in [0, 0.05) is 6.54 Å². The van der Waals surface area contributed by atoms with E-state index >= 15 is 0 Å². The number of nitrogen functional groups attached to an aromatic ring is 1. The highest BCUT2D eigenvalue weighted by atomic mass is 16.5. The molecule has 3 rings (SSSR count). The average molecular weight is 291 g/mol. The van der Waals surface area contributed by atoms with E-state index in [1.807, 2.05) is 11.8 Å². The number of H-pyrrole nitrogens is 1.